The summed E-state index contributed by atoms with van der Waals surface area (Å²) in [6.45, 7) is 2.06. The summed E-state index contributed by atoms with van der Waals surface area (Å²) in [7, 11) is 0. The number of carbonyl (C=O) groups is 2. The Hall–Kier alpha value is -1.36. The smallest absolute Gasteiger partial charge is 0.224 e. The molecule has 1 aromatic rings. The molecule has 0 saturated heterocycles. The number of anilines is 1. The van der Waals surface area contributed by atoms with Crippen molar-refractivity contribution in [2.24, 2.45) is 17.3 Å². The molecule has 1 aromatic carbocycles. The Morgan fingerprint density at radius 2 is 2.00 bits per heavy atom. The van der Waals surface area contributed by atoms with Crippen molar-refractivity contribution in [1.82, 2.24) is 5.32 Å². The van der Waals surface area contributed by atoms with Crippen LogP contribution in [0.4, 0.5) is 5.69 Å². The summed E-state index contributed by atoms with van der Waals surface area (Å²) in [6.07, 6.45) is 9.58. The fraction of sp³-hybridized carbons (Fsp3) is 0.652. The van der Waals surface area contributed by atoms with Gasteiger partial charge >= 0.3 is 0 Å². The first kappa shape index (κ1) is 18.7. The van der Waals surface area contributed by atoms with Crippen molar-refractivity contribution in [3.63, 3.8) is 0 Å². The first-order chi connectivity index (χ1) is 13.3. The number of halogens is 1. The van der Waals surface area contributed by atoms with E-state index >= 15 is 0 Å². The molecule has 6 rings (SSSR count). The molecular formula is C23H29BrN2O2. The SMILES string of the molecule is CC(NC(=O)CC12CC3CC(CC(Br)(C3)C1)C2)c1ccc2c(c1)CCC(=O)N2. The van der Waals surface area contributed by atoms with Crippen LogP contribution in [0.15, 0.2) is 18.2 Å². The number of carbonyl (C=O) groups excluding carboxylic acids is 2. The van der Waals surface area contributed by atoms with Gasteiger partial charge in [0.15, 0.2) is 0 Å². The third-order valence-electron chi connectivity index (χ3n) is 7.55. The molecule has 0 spiro atoms. The van der Waals surface area contributed by atoms with Crippen LogP contribution in [0.25, 0.3) is 0 Å². The van der Waals surface area contributed by atoms with Gasteiger partial charge in [-0.25, -0.2) is 0 Å². The van der Waals surface area contributed by atoms with Gasteiger partial charge in [-0.05, 0) is 86.3 Å². The quantitative estimate of drug-likeness (QED) is 0.650. The average Bonchev–Trinajstić information content (AvgIpc) is 2.58. The van der Waals surface area contributed by atoms with E-state index in [1.165, 1.54) is 37.7 Å². The zero-order chi connectivity index (χ0) is 19.5. The summed E-state index contributed by atoms with van der Waals surface area (Å²) in [5, 5.41) is 6.18. The molecule has 4 fully saturated rings. The van der Waals surface area contributed by atoms with Gasteiger partial charge in [0.05, 0.1) is 6.04 Å². The summed E-state index contributed by atoms with van der Waals surface area (Å²) in [6, 6.07) is 6.12. The largest absolute Gasteiger partial charge is 0.350 e. The second-order valence-corrected chi connectivity index (χ2v) is 11.7. The predicted molar refractivity (Wildman–Crippen MR) is 113 cm³/mol. The highest BCUT2D eigenvalue weighted by Crippen LogP contribution is 2.65. The monoisotopic (exact) mass is 444 g/mol. The topological polar surface area (TPSA) is 58.2 Å². The molecule has 3 unspecified atom stereocenters. The zero-order valence-corrected chi connectivity index (χ0v) is 18.1. The van der Waals surface area contributed by atoms with Crippen molar-refractivity contribution in [1.29, 1.82) is 0 Å². The Labute approximate surface area is 175 Å². The van der Waals surface area contributed by atoms with Crippen molar-refractivity contribution >= 4 is 33.4 Å². The Balaban J connectivity index is 1.25. The maximum absolute atomic E-state index is 13.0. The minimum atomic E-state index is -0.0118. The number of rotatable bonds is 4. The number of benzene rings is 1. The number of aryl methyl sites for hydroxylation is 1. The van der Waals surface area contributed by atoms with E-state index in [0.29, 0.717) is 17.2 Å². The van der Waals surface area contributed by atoms with E-state index in [-0.39, 0.29) is 23.3 Å². The van der Waals surface area contributed by atoms with Crippen molar-refractivity contribution in [3.8, 4) is 0 Å². The van der Waals surface area contributed by atoms with Crippen LogP contribution in [-0.4, -0.2) is 16.1 Å². The summed E-state index contributed by atoms with van der Waals surface area (Å²) in [5.41, 5.74) is 3.40. The van der Waals surface area contributed by atoms with Crippen LogP contribution in [0, 0.1) is 17.3 Å². The molecule has 1 aliphatic heterocycles. The lowest BCUT2D eigenvalue weighted by Crippen LogP contribution is -2.54. The average molecular weight is 445 g/mol. The number of amides is 2. The third-order valence-corrected chi connectivity index (χ3v) is 8.48. The molecule has 5 heteroatoms. The van der Waals surface area contributed by atoms with Gasteiger partial charge in [-0.3, -0.25) is 9.59 Å². The van der Waals surface area contributed by atoms with E-state index in [9.17, 15) is 9.59 Å². The van der Waals surface area contributed by atoms with Crippen molar-refractivity contribution < 1.29 is 9.59 Å². The van der Waals surface area contributed by atoms with E-state index in [1.807, 2.05) is 12.1 Å². The van der Waals surface area contributed by atoms with Crippen LogP contribution >= 0.6 is 15.9 Å². The van der Waals surface area contributed by atoms with Gasteiger partial charge < -0.3 is 10.6 Å². The fourth-order valence-electron chi connectivity index (χ4n) is 6.93. The first-order valence-electron chi connectivity index (χ1n) is 10.7. The Bertz CT molecular complexity index is 822. The Morgan fingerprint density at radius 3 is 2.71 bits per heavy atom. The minimum absolute atomic E-state index is 0.0118. The molecule has 1 heterocycles. The predicted octanol–water partition coefficient (Wildman–Crippen LogP) is 4.87. The van der Waals surface area contributed by atoms with E-state index in [4.69, 9.17) is 0 Å². The Kier molecular flexibility index (Phi) is 4.38. The number of alkyl halides is 1. The molecule has 3 atom stereocenters. The summed E-state index contributed by atoms with van der Waals surface area (Å²) < 4.78 is 0.298. The molecule has 2 amide bonds. The van der Waals surface area contributed by atoms with E-state index in [0.717, 1.165) is 35.9 Å². The molecule has 4 bridgehead atoms. The van der Waals surface area contributed by atoms with Gasteiger partial charge in [-0.2, -0.15) is 0 Å². The molecule has 28 heavy (non-hydrogen) atoms. The Morgan fingerprint density at radius 1 is 1.25 bits per heavy atom. The molecule has 4 aliphatic carbocycles. The summed E-state index contributed by atoms with van der Waals surface area (Å²) in [5.74, 6) is 1.89. The van der Waals surface area contributed by atoms with Crippen molar-refractivity contribution in [2.75, 3.05) is 5.32 Å². The van der Waals surface area contributed by atoms with Crippen LogP contribution in [0.1, 0.15) is 75.5 Å². The second-order valence-electron chi connectivity index (χ2n) is 10.0. The highest BCUT2D eigenvalue weighted by Gasteiger charge is 2.57. The zero-order valence-electron chi connectivity index (χ0n) is 16.5. The lowest BCUT2D eigenvalue weighted by molar-refractivity contribution is -0.128. The third kappa shape index (κ3) is 3.40. The van der Waals surface area contributed by atoms with Gasteiger partial charge in [-0.15, -0.1) is 0 Å². The molecule has 0 radical (unpaired) electrons. The molecule has 2 N–H and O–H groups in total. The molecule has 4 nitrogen and oxygen atoms in total. The van der Waals surface area contributed by atoms with Crippen molar-refractivity contribution in [3.05, 3.63) is 29.3 Å². The standard InChI is InChI=1S/C23H29BrN2O2/c1-14(17-2-4-19-18(7-17)3-5-20(27)26-19)25-21(28)12-22-8-15-6-16(9-22)11-23(24,10-15)13-22/h2,4,7,14-16H,3,5-6,8-13H2,1H3,(H,25,28)(H,26,27). The van der Waals surface area contributed by atoms with Crippen LogP contribution in [0.5, 0.6) is 0 Å². The fourth-order valence-corrected chi connectivity index (χ4v) is 8.44. The highest BCUT2D eigenvalue weighted by atomic mass is 79.9. The number of hydrogen-bond acceptors (Lipinski definition) is 2. The minimum Gasteiger partial charge on any atom is -0.350 e. The normalized spacial score (nSPS) is 36.6. The molecule has 0 aromatic heterocycles. The van der Waals surface area contributed by atoms with Crippen LogP contribution in [0.2, 0.25) is 0 Å². The van der Waals surface area contributed by atoms with Gasteiger partial charge in [-0.1, -0.05) is 28.1 Å². The number of nitrogens with one attached hydrogen (secondary N) is 2. The van der Waals surface area contributed by atoms with Crippen LogP contribution < -0.4 is 10.6 Å². The second kappa shape index (κ2) is 6.58. The summed E-state index contributed by atoms with van der Waals surface area (Å²) >= 11 is 4.05. The maximum atomic E-state index is 13.0. The lowest BCUT2D eigenvalue weighted by atomic mass is 9.48. The van der Waals surface area contributed by atoms with Gasteiger partial charge in [0, 0.05) is 22.9 Å². The summed E-state index contributed by atoms with van der Waals surface area (Å²) in [4.78, 5) is 24.5. The number of fused-ring (bicyclic) bond motifs is 1. The van der Waals surface area contributed by atoms with E-state index in [1.54, 1.807) is 0 Å². The van der Waals surface area contributed by atoms with Gasteiger partial charge in [0.2, 0.25) is 11.8 Å². The van der Waals surface area contributed by atoms with Gasteiger partial charge in [0.25, 0.3) is 0 Å². The maximum Gasteiger partial charge on any atom is 0.224 e. The lowest BCUT2D eigenvalue weighted by Gasteiger charge is -2.60. The highest BCUT2D eigenvalue weighted by molar-refractivity contribution is 9.10. The first-order valence-corrected chi connectivity index (χ1v) is 11.5. The molecule has 5 aliphatic rings. The van der Waals surface area contributed by atoms with Crippen LogP contribution in [0.3, 0.4) is 0 Å². The van der Waals surface area contributed by atoms with Crippen LogP contribution in [-0.2, 0) is 16.0 Å². The van der Waals surface area contributed by atoms with Gasteiger partial charge in [0.1, 0.15) is 0 Å². The molecule has 150 valence electrons. The van der Waals surface area contributed by atoms with Crippen molar-refractivity contribution in [2.45, 2.75) is 75.1 Å². The van der Waals surface area contributed by atoms with E-state index < -0.39 is 0 Å². The molecule has 4 saturated carbocycles. The number of hydrogen-bond donors (Lipinski definition) is 2. The molecular weight excluding hydrogens is 416 g/mol. The van der Waals surface area contributed by atoms with E-state index in [2.05, 4.69) is 39.6 Å².